The molecule has 10 heteroatoms. The smallest absolute Gasteiger partial charge is 0.408 e. The Labute approximate surface area is 173 Å². The average molecular weight is 432 g/mol. The maximum absolute atomic E-state index is 13.4. The van der Waals surface area contributed by atoms with Gasteiger partial charge in [-0.05, 0) is 47.0 Å². The molecule has 2 saturated heterocycles. The van der Waals surface area contributed by atoms with E-state index >= 15 is 0 Å². The molecule has 3 amide bonds. The highest BCUT2D eigenvalue weighted by atomic mass is 32.2. The van der Waals surface area contributed by atoms with Crippen LogP contribution in [0.1, 0.15) is 54.9 Å². The number of sulfonamides is 1. The van der Waals surface area contributed by atoms with Crippen LogP contribution in [-0.2, 0) is 24.3 Å². The number of amides is 3. The van der Waals surface area contributed by atoms with E-state index in [1.54, 1.807) is 53.4 Å². The molecule has 3 atom stereocenters. The Morgan fingerprint density at radius 1 is 1.24 bits per heavy atom. The Bertz CT molecular complexity index is 799. The summed E-state index contributed by atoms with van der Waals surface area (Å²) in [5, 5.41) is 2.64. The van der Waals surface area contributed by atoms with Gasteiger partial charge in [-0.25, -0.2) is 17.5 Å². The van der Waals surface area contributed by atoms with Gasteiger partial charge in [0.25, 0.3) is 0 Å². The zero-order chi connectivity index (χ0) is 22.5. The minimum atomic E-state index is -3.75. The number of hydrogen-bond donors (Lipinski definition) is 1. The van der Waals surface area contributed by atoms with Gasteiger partial charge in [0.05, 0.1) is 23.8 Å². The van der Waals surface area contributed by atoms with Gasteiger partial charge < -0.3 is 15.0 Å². The highest BCUT2D eigenvalue weighted by molar-refractivity contribution is 7.88. The molecule has 29 heavy (non-hydrogen) atoms. The summed E-state index contributed by atoms with van der Waals surface area (Å²) in [5.74, 6) is -1.07. The molecular formula is C19H33N3O6S. The van der Waals surface area contributed by atoms with Crippen molar-refractivity contribution >= 4 is 27.9 Å². The van der Waals surface area contributed by atoms with Crippen molar-refractivity contribution in [3.05, 3.63) is 0 Å². The van der Waals surface area contributed by atoms with Gasteiger partial charge in [0, 0.05) is 6.54 Å². The number of carbonyl (C=O) groups excluding carboxylic acids is 3. The molecule has 0 aromatic heterocycles. The van der Waals surface area contributed by atoms with E-state index in [9.17, 15) is 22.8 Å². The summed E-state index contributed by atoms with van der Waals surface area (Å²) < 4.78 is 30.6. The molecular weight excluding hydrogens is 398 g/mol. The number of carbonyl (C=O) groups is 3. The highest BCUT2D eigenvalue weighted by Gasteiger charge is 2.62. The fourth-order valence-electron chi connectivity index (χ4n) is 4.22. The summed E-state index contributed by atoms with van der Waals surface area (Å²) in [6.45, 7) is 12.5. The van der Waals surface area contributed by atoms with Crippen molar-refractivity contribution < 1.29 is 27.5 Å². The zero-order valence-corrected chi connectivity index (χ0v) is 19.3. The molecule has 2 aliphatic heterocycles. The van der Waals surface area contributed by atoms with Crippen LogP contribution in [0, 0.1) is 11.3 Å². The summed E-state index contributed by atoms with van der Waals surface area (Å²) in [7, 11) is -3.75. The maximum atomic E-state index is 13.4. The summed E-state index contributed by atoms with van der Waals surface area (Å²) in [6, 6.07) is -2.02. The Hall–Kier alpha value is -1.84. The van der Waals surface area contributed by atoms with Crippen LogP contribution in [0.4, 0.5) is 4.79 Å². The number of alkyl carbamates (subject to hydrolysis) is 1. The molecule has 0 aromatic rings. The molecule has 2 heterocycles. The standard InChI is InChI=1S/C19H33N3O6S/c1-11(2)13(20-17(25)28-18(3,4)5)15(23)21-10-9-12-14(21)19(6,7)16(24)22(12)29(8,26)27/h11-14H,9-10H2,1-8H3,(H,20,25)/t12-,13-,14-/m0/s1. The number of hydrogen-bond acceptors (Lipinski definition) is 6. The van der Waals surface area contributed by atoms with Crippen molar-refractivity contribution in [2.75, 3.05) is 12.8 Å². The summed E-state index contributed by atoms with van der Waals surface area (Å²) in [4.78, 5) is 40.0. The lowest BCUT2D eigenvalue weighted by molar-refractivity contribution is -0.139. The van der Waals surface area contributed by atoms with Gasteiger partial charge in [-0.3, -0.25) is 9.59 Å². The van der Waals surface area contributed by atoms with Gasteiger partial charge in [-0.2, -0.15) is 0 Å². The molecule has 0 spiro atoms. The van der Waals surface area contributed by atoms with Crippen molar-refractivity contribution in [1.29, 1.82) is 0 Å². The van der Waals surface area contributed by atoms with Gasteiger partial charge >= 0.3 is 6.09 Å². The average Bonchev–Trinajstić information content (AvgIpc) is 3.00. The second-order valence-electron chi connectivity index (χ2n) is 9.79. The molecule has 0 unspecified atom stereocenters. The van der Waals surface area contributed by atoms with E-state index in [1.165, 1.54) is 0 Å². The first-order valence-electron chi connectivity index (χ1n) is 9.82. The topological polar surface area (TPSA) is 113 Å². The van der Waals surface area contributed by atoms with Crippen LogP contribution in [0.15, 0.2) is 0 Å². The monoisotopic (exact) mass is 431 g/mol. The van der Waals surface area contributed by atoms with Gasteiger partial charge in [0.1, 0.15) is 11.6 Å². The molecule has 0 bridgehead atoms. The second kappa shape index (κ2) is 7.45. The number of ether oxygens (including phenoxy) is 1. The summed E-state index contributed by atoms with van der Waals surface area (Å²) in [5.41, 5.74) is -1.75. The Morgan fingerprint density at radius 3 is 2.24 bits per heavy atom. The van der Waals surface area contributed by atoms with E-state index < -0.39 is 51.2 Å². The van der Waals surface area contributed by atoms with Gasteiger partial charge in [-0.1, -0.05) is 13.8 Å². The number of likely N-dealkylation sites (tertiary alicyclic amines) is 1. The Morgan fingerprint density at radius 2 is 1.79 bits per heavy atom. The molecule has 1 N–H and O–H groups in total. The van der Waals surface area contributed by atoms with E-state index in [1.807, 2.05) is 0 Å². The quantitative estimate of drug-likeness (QED) is 0.719. The van der Waals surface area contributed by atoms with Crippen LogP contribution in [0.25, 0.3) is 0 Å². The highest BCUT2D eigenvalue weighted by Crippen LogP contribution is 2.45. The number of rotatable bonds is 4. The number of nitrogens with zero attached hydrogens (tertiary/aromatic N) is 2. The van der Waals surface area contributed by atoms with Crippen LogP contribution in [0.5, 0.6) is 0 Å². The van der Waals surface area contributed by atoms with Crippen LogP contribution in [-0.4, -0.2) is 72.1 Å². The minimum Gasteiger partial charge on any atom is -0.444 e. The molecule has 0 saturated carbocycles. The third-order valence-corrected chi connectivity index (χ3v) is 6.55. The molecule has 2 rings (SSSR count). The molecule has 2 aliphatic rings. The van der Waals surface area contributed by atoms with Crippen molar-refractivity contribution in [3.63, 3.8) is 0 Å². The van der Waals surface area contributed by atoms with E-state index in [2.05, 4.69) is 5.32 Å². The predicted octanol–water partition coefficient (Wildman–Crippen LogP) is 1.33. The van der Waals surface area contributed by atoms with Crippen LogP contribution >= 0.6 is 0 Å². The zero-order valence-electron chi connectivity index (χ0n) is 18.5. The van der Waals surface area contributed by atoms with Gasteiger partial charge in [0.2, 0.25) is 21.8 Å². The maximum Gasteiger partial charge on any atom is 0.408 e. The second-order valence-corrected chi connectivity index (χ2v) is 11.6. The van der Waals surface area contributed by atoms with E-state index in [4.69, 9.17) is 4.74 Å². The molecule has 0 aromatic carbocycles. The first-order valence-corrected chi connectivity index (χ1v) is 11.7. The normalized spacial score (nSPS) is 25.2. The Balaban J connectivity index is 2.30. The van der Waals surface area contributed by atoms with Crippen LogP contribution < -0.4 is 5.32 Å². The van der Waals surface area contributed by atoms with E-state index in [0.717, 1.165) is 10.6 Å². The molecule has 2 fully saturated rings. The minimum absolute atomic E-state index is 0.222. The molecule has 166 valence electrons. The molecule has 9 nitrogen and oxygen atoms in total. The van der Waals surface area contributed by atoms with Gasteiger partial charge in [0.15, 0.2) is 0 Å². The lowest BCUT2D eigenvalue weighted by atomic mass is 9.84. The van der Waals surface area contributed by atoms with Crippen LogP contribution in [0.2, 0.25) is 0 Å². The SMILES string of the molecule is CC(C)[C@H](NC(=O)OC(C)(C)C)C(=O)N1CC[C@H]2[C@H]1C(C)(C)C(=O)N2S(C)(=O)=O. The van der Waals surface area contributed by atoms with Crippen LogP contribution in [0.3, 0.4) is 0 Å². The van der Waals surface area contributed by atoms with E-state index in [-0.39, 0.29) is 11.8 Å². The largest absolute Gasteiger partial charge is 0.444 e. The number of fused-ring (bicyclic) bond motifs is 1. The fourth-order valence-corrected chi connectivity index (χ4v) is 5.47. The first kappa shape index (κ1) is 23.4. The van der Waals surface area contributed by atoms with Gasteiger partial charge in [-0.15, -0.1) is 0 Å². The third kappa shape index (κ3) is 4.51. The van der Waals surface area contributed by atoms with Crippen molar-refractivity contribution in [2.24, 2.45) is 11.3 Å². The first-order chi connectivity index (χ1) is 13.0. The lowest BCUT2D eigenvalue weighted by Gasteiger charge is -2.35. The lowest BCUT2D eigenvalue weighted by Crippen LogP contribution is -2.56. The molecule has 0 aliphatic carbocycles. The molecule has 0 radical (unpaired) electrons. The third-order valence-electron chi connectivity index (χ3n) is 5.40. The fraction of sp³-hybridized carbons (Fsp3) is 0.842. The summed E-state index contributed by atoms with van der Waals surface area (Å²) in [6.07, 6.45) is 0.685. The predicted molar refractivity (Wildman–Crippen MR) is 107 cm³/mol. The van der Waals surface area contributed by atoms with Crippen molar-refractivity contribution in [1.82, 2.24) is 14.5 Å². The Kier molecular flexibility index (Phi) is 6.02. The van der Waals surface area contributed by atoms with Crippen molar-refractivity contribution in [3.8, 4) is 0 Å². The van der Waals surface area contributed by atoms with Crippen molar-refractivity contribution in [2.45, 2.75) is 78.6 Å². The summed E-state index contributed by atoms with van der Waals surface area (Å²) >= 11 is 0. The number of nitrogens with one attached hydrogen (secondary N) is 1. The van der Waals surface area contributed by atoms with E-state index in [0.29, 0.717) is 13.0 Å².